The van der Waals surface area contributed by atoms with Crippen LogP contribution in [0.25, 0.3) is 0 Å². The molecule has 1 saturated heterocycles. The second kappa shape index (κ2) is 3.68. The van der Waals surface area contributed by atoms with Gasteiger partial charge in [-0.15, -0.1) is 0 Å². The van der Waals surface area contributed by atoms with E-state index in [0.717, 1.165) is 26.1 Å². The Bertz CT molecular complexity index is 229. The van der Waals surface area contributed by atoms with Crippen LogP contribution in [0.15, 0.2) is 18.3 Å². The predicted molar refractivity (Wildman–Crippen MR) is 45.9 cm³/mol. The maximum Gasteiger partial charge on any atom is 0.0886 e. The minimum atomic E-state index is 0.654. The van der Waals surface area contributed by atoms with Crippen LogP contribution in [0, 0.1) is 6.20 Å². The zero-order valence-electron chi connectivity index (χ0n) is 6.99. The predicted octanol–water partition coefficient (Wildman–Crippen LogP) is 1.78. The molecule has 1 radical (unpaired) electrons. The molecule has 0 amide bonds. The van der Waals surface area contributed by atoms with E-state index in [0.29, 0.717) is 5.92 Å². The highest BCUT2D eigenvalue weighted by Gasteiger charge is 2.15. The Morgan fingerprint density at radius 2 is 2.25 bits per heavy atom. The van der Waals surface area contributed by atoms with E-state index < -0.39 is 0 Å². The highest BCUT2D eigenvalue weighted by atomic mass is 16.5. The van der Waals surface area contributed by atoms with Crippen LogP contribution in [0.2, 0.25) is 0 Å². The molecule has 2 heteroatoms. The SMILES string of the molecule is [c]1ccc(C2CCOCC2)cn1. The molecule has 1 aliphatic rings. The normalized spacial score (nSPS) is 19.3. The van der Waals surface area contributed by atoms with Gasteiger partial charge in [0.1, 0.15) is 0 Å². The molecule has 0 bridgehead atoms. The fourth-order valence-corrected chi connectivity index (χ4v) is 1.60. The fourth-order valence-electron chi connectivity index (χ4n) is 1.60. The molecule has 1 fully saturated rings. The number of hydrogen-bond donors (Lipinski definition) is 0. The minimum absolute atomic E-state index is 0.654. The zero-order valence-corrected chi connectivity index (χ0v) is 6.99. The first kappa shape index (κ1) is 7.74. The van der Waals surface area contributed by atoms with Gasteiger partial charge in [0.15, 0.2) is 0 Å². The molecule has 2 heterocycles. The van der Waals surface area contributed by atoms with Crippen LogP contribution < -0.4 is 0 Å². The summed E-state index contributed by atoms with van der Waals surface area (Å²) in [6, 6.07) is 3.98. The van der Waals surface area contributed by atoms with Crippen molar-refractivity contribution in [1.29, 1.82) is 0 Å². The maximum atomic E-state index is 5.29. The first-order valence-corrected chi connectivity index (χ1v) is 4.36. The Labute approximate surface area is 72.6 Å². The average molecular weight is 162 g/mol. The molecule has 0 saturated carbocycles. The summed E-state index contributed by atoms with van der Waals surface area (Å²) < 4.78 is 5.29. The molecule has 0 spiro atoms. The van der Waals surface area contributed by atoms with Gasteiger partial charge in [-0.05, 0) is 30.4 Å². The third-order valence-corrected chi connectivity index (χ3v) is 2.33. The highest BCUT2D eigenvalue weighted by molar-refractivity contribution is 5.14. The van der Waals surface area contributed by atoms with Crippen LogP contribution >= 0.6 is 0 Å². The molecule has 2 nitrogen and oxygen atoms in total. The van der Waals surface area contributed by atoms with E-state index in [1.807, 2.05) is 12.3 Å². The van der Waals surface area contributed by atoms with Gasteiger partial charge in [0, 0.05) is 19.4 Å². The Hall–Kier alpha value is -0.890. The van der Waals surface area contributed by atoms with E-state index in [-0.39, 0.29) is 0 Å². The molecule has 0 aromatic carbocycles. The molecule has 0 unspecified atom stereocenters. The van der Waals surface area contributed by atoms with Crippen molar-refractivity contribution in [1.82, 2.24) is 4.98 Å². The average Bonchev–Trinajstić information content (AvgIpc) is 2.21. The third-order valence-electron chi connectivity index (χ3n) is 2.33. The summed E-state index contributed by atoms with van der Waals surface area (Å²) in [7, 11) is 0. The van der Waals surface area contributed by atoms with E-state index in [1.165, 1.54) is 5.56 Å². The smallest absolute Gasteiger partial charge is 0.0886 e. The first-order valence-electron chi connectivity index (χ1n) is 4.36. The molecule has 12 heavy (non-hydrogen) atoms. The summed E-state index contributed by atoms with van der Waals surface area (Å²) in [5.41, 5.74) is 1.33. The number of hydrogen-bond acceptors (Lipinski definition) is 2. The molecular weight excluding hydrogens is 150 g/mol. The van der Waals surface area contributed by atoms with Gasteiger partial charge in [0.2, 0.25) is 0 Å². The van der Waals surface area contributed by atoms with Crippen molar-refractivity contribution in [2.45, 2.75) is 18.8 Å². The molecule has 0 N–H and O–H groups in total. The summed E-state index contributed by atoms with van der Waals surface area (Å²) in [5.74, 6) is 0.654. The van der Waals surface area contributed by atoms with Gasteiger partial charge in [0.05, 0.1) is 6.20 Å². The van der Waals surface area contributed by atoms with Crippen LogP contribution in [0.5, 0.6) is 0 Å². The van der Waals surface area contributed by atoms with Gasteiger partial charge in [-0.25, -0.2) is 0 Å². The van der Waals surface area contributed by atoms with Crippen LogP contribution in [-0.2, 0) is 4.74 Å². The van der Waals surface area contributed by atoms with Crippen molar-refractivity contribution in [3.63, 3.8) is 0 Å². The van der Waals surface area contributed by atoms with Crippen molar-refractivity contribution in [2.24, 2.45) is 0 Å². The summed E-state index contributed by atoms with van der Waals surface area (Å²) in [6.07, 6.45) is 6.96. The second-order valence-electron chi connectivity index (χ2n) is 3.11. The van der Waals surface area contributed by atoms with E-state index in [4.69, 9.17) is 4.74 Å². The molecule has 1 aromatic heterocycles. The van der Waals surface area contributed by atoms with Gasteiger partial charge < -0.3 is 4.74 Å². The Morgan fingerprint density at radius 1 is 1.42 bits per heavy atom. The molecular formula is C10H12NO. The fraction of sp³-hybridized carbons (Fsp3) is 0.500. The number of ether oxygens (including phenoxy) is 1. The van der Waals surface area contributed by atoms with Crippen LogP contribution in [0.4, 0.5) is 0 Å². The minimum Gasteiger partial charge on any atom is -0.381 e. The molecule has 2 rings (SSSR count). The molecule has 1 aromatic rings. The molecule has 0 atom stereocenters. The summed E-state index contributed by atoms with van der Waals surface area (Å²) in [4.78, 5) is 3.99. The quantitative estimate of drug-likeness (QED) is 0.628. The van der Waals surface area contributed by atoms with Crippen molar-refractivity contribution < 1.29 is 4.74 Å². The lowest BCUT2D eigenvalue weighted by atomic mass is 9.93. The number of rotatable bonds is 1. The molecule has 0 aliphatic carbocycles. The van der Waals surface area contributed by atoms with Gasteiger partial charge in [-0.2, -0.15) is 0 Å². The van der Waals surface area contributed by atoms with Crippen molar-refractivity contribution in [3.05, 3.63) is 30.1 Å². The Kier molecular flexibility index (Phi) is 2.37. The lowest BCUT2D eigenvalue weighted by molar-refractivity contribution is 0.0853. The van der Waals surface area contributed by atoms with Gasteiger partial charge in [-0.3, -0.25) is 4.98 Å². The number of nitrogens with zero attached hydrogens (tertiary/aromatic N) is 1. The monoisotopic (exact) mass is 162 g/mol. The summed E-state index contributed by atoms with van der Waals surface area (Å²) >= 11 is 0. The van der Waals surface area contributed by atoms with Gasteiger partial charge >= 0.3 is 0 Å². The van der Waals surface area contributed by atoms with Gasteiger partial charge in [0.25, 0.3) is 0 Å². The maximum absolute atomic E-state index is 5.29. The lowest BCUT2D eigenvalue weighted by Crippen LogP contribution is -2.14. The second-order valence-corrected chi connectivity index (χ2v) is 3.11. The Morgan fingerprint density at radius 3 is 2.92 bits per heavy atom. The standard InChI is InChI=1S/C10H12NO/c1-2-10(8-11-5-1)9-3-6-12-7-4-9/h1-2,8-9H,3-4,6-7H2. The molecule has 63 valence electrons. The van der Waals surface area contributed by atoms with Crippen molar-refractivity contribution in [2.75, 3.05) is 13.2 Å². The van der Waals surface area contributed by atoms with E-state index in [2.05, 4.69) is 17.2 Å². The van der Waals surface area contributed by atoms with E-state index in [1.54, 1.807) is 0 Å². The highest BCUT2D eigenvalue weighted by Crippen LogP contribution is 2.25. The largest absolute Gasteiger partial charge is 0.381 e. The van der Waals surface area contributed by atoms with E-state index >= 15 is 0 Å². The zero-order chi connectivity index (χ0) is 8.23. The van der Waals surface area contributed by atoms with Crippen molar-refractivity contribution >= 4 is 0 Å². The summed E-state index contributed by atoms with van der Waals surface area (Å²) in [6.45, 7) is 1.78. The lowest BCUT2D eigenvalue weighted by Gasteiger charge is -2.21. The number of aromatic nitrogens is 1. The van der Waals surface area contributed by atoms with Crippen LogP contribution in [-0.4, -0.2) is 18.2 Å². The molecule has 1 aliphatic heterocycles. The van der Waals surface area contributed by atoms with Crippen LogP contribution in [0.1, 0.15) is 24.3 Å². The first-order chi connectivity index (χ1) is 5.97. The van der Waals surface area contributed by atoms with Crippen molar-refractivity contribution in [3.8, 4) is 0 Å². The Balaban J connectivity index is 2.08. The topological polar surface area (TPSA) is 22.1 Å². The van der Waals surface area contributed by atoms with Gasteiger partial charge in [-0.1, -0.05) is 6.07 Å². The van der Waals surface area contributed by atoms with Crippen LogP contribution in [0.3, 0.4) is 0 Å². The van der Waals surface area contributed by atoms with E-state index in [9.17, 15) is 0 Å². The third kappa shape index (κ3) is 1.64. The summed E-state index contributed by atoms with van der Waals surface area (Å²) in [5, 5.41) is 0. The number of pyridine rings is 1.